The first-order valence-corrected chi connectivity index (χ1v) is 10.3. The molecule has 1 aliphatic carbocycles. The number of nitrogens with one attached hydrogen (secondary N) is 1. The molecule has 2 rings (SSSR count). The van der Waals surface area contributed by atoms with Gasteiger partial charge in [-0.25, -0.2) is 17.9 Å². The van der Waals surface area contributed by atoms with Crippen LogP contribution in [0.5, 0.6) is 0 Å². The van der Waals surface area contributed by atoms with E-state index in [1.165, 1.54) is 6.07 Å². The standard InChI is InChI=1S/C11H14BrNO4S3/c1-18-7-3-2-6(4-7)13-20(16,17)9-5-8(11(14)15)19-10(9)12/h5-7,13H,2-4H2,1H3,(H,14,15). The van der Waals surface area contributed by atoms with Gasteiger partial charge in [-0.05, 0) is 47.5 Å². The Labute approximate surface area is 134 Å². The lowest BCUT2D eigenvalue weighted by Gasteiger charge is -2.12. The first-order chi connectivity index (χ1) is 9.33. The van der Waals surface area contributed by atoms with Crippen LogP contribution in [0.1, 0.15) is 28.9 Å². The zero-order valence-corrected chi connectivity index (χ0v) is 14.7. The highest BCUT2D eigenvalue weighted by Crippen LogP contribution is 2.33. The number of carbonyl (C=O) groups is 1. The molecule has 0 radical (unpaired) electrons. The molecule has 0 spiro atoms. The Bertz CT molecular complexity index is 613. The third-order valence-electron chi connectivity index (χ3n) is 3.20. The average molecular weight is 400 g/mol. The predicted molar refractivity (Wildman–Crippen MR) is 84.2 cm³/mol. The van der Waals surface area contributed by atoms with Crippen molar-refractivity contribution in [3.8, 4) is 0 Å². The molecule has 0 aliphatic heterocycles. The third-order valence-corrected chi connectivity index (χ3v) is 8.05. The van der Waals surface area contributed by atoms with E-state index < -0.39 is 16.0 Å². The first-order valence-electron chi connectivity index (χ1n) is 5.91. The molecule has 2 unspecified atom stereocenters. The predicted octanol–water partition coefficient (Wildman–Crippen LogP) is 2.77. The number of thiophene rings is 1. The van der Waals surface area contributed by atoms with E-state index in [9.17, 15) is 13.2 Å². The summed E-state index contributed by atoms with van der Waals surface area (Å²) < 4.78 is 27.6. The molecule has 2 atom stereocenters. The van der Waals surface area contributed by atoms with Crippen LogP contribution in [0.15, 0.2) is 14.7 Å². The number of hydrogen-bond donors (Lipinski definition) is 2. The van der Waals surface area contributed by atoms with Crippen molar-refractivity contribution in [2.75, 3.05) is 6.26 Å². The van der Waals surface area contributed by atoms with Crippen molar-refractivity contribution in [1.29, 1.82) is 0 Å². The molecule has 1 aliphatic rings. The number of hydrogen-bond acceptors (Lipinski definition) is 5. The molecular formula is C11H14BrNO4S3. The highest BCUT2D eigenvalue weighted by Gasteiger charge is 2.30. The van der Waals surface area contributed by atoms with E-state index in [4.69, 9.17) is 5.11 Å². The second-order valence-electron chi connectivity index (χ2n) is 4.54. The third kappa shape index (κ3) is 3.56. The van der Waals surface area contributed by atoms with Crippen molar-refractivity contribution in [2.45, 2.75) is 35.4 Å². The van der Waals surface area contributed by atoms with Gasteiger partial charge in [-0.1, -0.05) is 0 Å². The summed E-state index contributed by atoms with van der Waals surface area (Å²) in [5, 5.41) is 9.40. The number of carboxylic acids is 1. The Morgan fingerprint density at radius 3 is 2.75 bits per heavy atom. The van der Waals surface area contributed by atoms with E-state index in [0.29, 0.717) is 9.04 Å². The van der Waals surface area contributed by atoms with Crippen molar-refractivity contribution in [3.63, 3.8) is 0 Å². The highest BCUT2D eigenvalue weighted by molar-refractivity contribution is 9.11. The lowest BCUT2D eigenvalue weighted by molar-refractivity contribution is 0.0702. The van der Waals surface area contributed by atoms with Gasteiger partial charge in [-0.15, -0.1) is 11.3 Å². The Kier molecular flexibility index (Phi) is 5.17. The van der Waals surface area contributed by atoms with Crippen LogP contribution < -0.4 is 4.72 Å². The van der Waals surface area contributed by atoms with Gasteiger partial charge in [0.2, 0.25) is 10.0 Å². The largest absolute Gasteiger partial charge is 0.477 e. The average Bonchev–Trinajstić information content (AvgIpc) is 2.95. The van der Waals surface area contributed by atoms with Gasteiger partial charge in [0, 0.05) is 11.3 Å². The van der Waals surface area contributed by atoms with Crippen molar-refractivity contribution in [3.05, 3.63) is 14.7 Å². The van der Waals surface area contributed by atoms with Crippen LogP contribution in [0.25, 0.3) is 0 Å². The van der Waals surface area contributed by atoms with Crippen LogP contribution in [-0.4, -0.2) is 37.0 Å². The molecule has 1 saturated carbocycles. The highest BCUT2D eigenvalue weighted by atomic mass is 79.9. The quantitative estimate of drug-likeness (QED) is 0.794. The van der Waals surface area contributed by atoms with Crippen LogP contribution in [-0.2, 0) is 10.0 Å². The minimum atomic E-state index is -3.68. The molecule has 5 nitrogen and oxygen atoms in total. The van der Waals surface area contributed by atoms with Gasteiger partial charge in [-0.2, -0.15) is 11.8 Å². The fourth-order valence-electron chi connectivity index (χ4n) is 2.18. The van der Waals surface area contributed by atoms with E-state index in [1.807, 2.05) is 6.26 Å². The Morgan fingerprint density at radius 2 is 2.25 bits per heavy atom. The van der Waals surface area contributed by atoms with Gasteiger partial charge in [0.25, 0.3) is 0 Å². The SMILES string of the molecule is CSC1CCC(NS(=O)(=O)c2cc(C(=O)O)sc2Br)C1. The van der Waals surface area contributed by atoms with Crippen molar-refractivity contribution in [2.24, 2.45) is 0 Å². The van der Waals surface area contributed by atoms with Crippen molar-refractivity contribution in [1.82, 2.24) is 4.72 Å². The summed E-state index contributed by atoms with van der Waals surface area (Å²) in [6, 6.07) is 1.12. The number of rotatable bonds is 5. The van der Waals surface area contributed by atoms with Crippen molar-refractivity contribution < 1.29 is 18.3 Å². The molecule has 1 aromatic rings. The maximum Gasteiger partial charge on any atom is 0.345 e. The number of sulfonamides is 1. The molecule has 1 heterocycles. The zero-order valence-electron chi connectivity index (χ0n) is 10.6. The zero-order chi connectivity index (χ0) is 14.9. The number of halogens is 1. The van der Waals surface area contributed by atoms with E-state index in [-0.39, 0.29) is 15.8 Å². The van der Waals surface area contributed by atoms with E-state index in [1.54, 1.807) is 11.8 Å². The van der Waals surface area contributed by atoms with Gasteiger partial charge < -0.3 is 5.11 Å². The summed E-state index contributed by atoms with van der Waals surface area (Å²) in [7, 11) is -3.68. The second-order valence-corrected chi connectivity index (χ2v) is 9.73. The minimum Gasteiger partial charge on any atom is -0.477 e. The molecule has 0 amide bonds. The van der Waals surface area contributed by atoms with Gasteiger partial charge >= 0.3 is 5.97 Å². The molecule has 112 valence electrons. The maximum atomic E-state index is 12.3. The molecule has 1 aromatic heterocycles. The summed E-state index contributed by atoms with van der Waals surface area (Å²) in [5.41, 5.74) is 0. The molecule has 0 saturated heterocycles. The van der Waals surface area contributed by atoms with Gasteiger partial charge in [-0.3, -0.25) is 0 Å². The van der Waals surface area contributed by atoms with Crippen LogP contribution in [0.3, 0.4) is 0 Å². The summed E-state index contributed by atoms with van der Waals surface area (Å²) in [4.78, 5) is 10.9. The molecule has 0 aromatic carbocycles. The van der Waals surface area contributed by atoms with Crippen molar-refractivity contribution >= 4 is 55.0 Å². The molecule has 0 bridgehead atoms. The van der Waals surface area contributed by atoms with Crippen LogP contribution in [0.2, 0.25) is 0 Å². The summed E-state index contributed by atoms with van der Waals surface area (Å²) in [6.45, 7) is 0. The monoisotopic (exact) mass is 399 g/mol. The Morgan fingerprint density at radius 1 is 1.55 bits per heavy atom. The summed E-state index contributed by atoms with van der Waals surface area (Å²) in [5.74, 6) is -1.12. The molecule has 20 heavy (non-hydrogen) atoms. The molecule has 2 N–H and O–H groups in total. The first kappa shape index (κ1) is 16.3. The van der Waals surface area contributed by atoms with Crippen LogP contribution in [0, 0.1) is 0 Å². The van der Waals surface area contributed by atoms with E-state index >= 15 is 0 Å². The van der Waals surface area contributed by atoms with E-state index in [2.05, 4.69) is 20.7 Å². The van der Waals surface area contributed by atoms with Gasteiger partial charge in [0.05, 0.1) is 3.79 Å². The molecule has 9 heteroatoms. The normalized spacial score (nSPS) is 23.1. The summed E-state index contributed by atoms with van der Waals surface area (Å²) in [6.07, 6.45) is 4.65. The van der Waals surface area contributed by atoms with Crippen LogP contribution in [0.4, 0.5) is 0 Å². The number of aromatic carboxylic acids is 1. The fourth-order valence-corrected chi connectivity index (χ4v) is 6.67. The van der Waals surface area contributed by atoms with Crippen LogP contribution >= 0.6 is 39.0 Å². The maximum absolute atomic E-state index is 12.3. The fraction of sp³-hybridized carbons (Fsp3) is 0.545. The molecular weight excluding hydrogens is 386 g/mol. The Balaban J connectivity index is 2.17. The minimum absolute atomic E-state index is 0.00524. The lowest BCUT2D eigenvalue weighted by atomic mass is 10.3. The summed E-state index contributed by atoms with van der Waals surface area (Å²) >= 11 is 5.78. The van der Waals surface area contributed by atoms with E-state index in [0.717, 1.165) is 30.6 Å². The van der Waals surface area contributed by atoms with Gasteiger partial charge in [0.15, 0.2) is 0 Å². The number of carboxylic acid groups (broad SMARTS) is 1. The second kappa shape index (κ2) is 6.35. The number of thioether (sulfide) groups is 1. The lowest BCUT2D eigenvalue weighted by Crippen LogP contribution is -2.33. The smallest absolute Gasteiger partial charge is 0.345 e. The molecule has 1 fully saturated rings. The Hall–Kier alpha value is -0.0900. The van der Waals surface area contributed by atoms with Gasteiger partial charge in [0.1, 0.15) is 9.77 Å². The topological polar surface area (TPSA) is 83.5 Å².